The molecule has 0 fully saturated rings. The van der Waals surface area contributed by atoms with Crippen LogP contribution >= 0.6 is 11.6 Å². The molecule has 1 heterocycles. The highest BCUT2D eigenvalue weighted by atomic mass is 35.5. The molecule has 0 saturated carbocycles. The normalized spacial score (nSPS) is 15.4. The minimum Gasteiger partial charge on any atom is -0.385 e. The molecule has 0 bridgehead atoms. The van der Waals surface area contributed by atoms with Crippen LogP contribution in [-0.2, 0) is 0 Å². The zero-order valence-electron chi connectivity index (χ0n) is 7.44. The third-order valence-electron chi connectivity index (χ3n) is 1.93. The largest absolute Gasteiger partial charge is 0.385 e. The fraction of sp³-hybridized carbons (Fsp3) is 0.444. The summed E-state index contributed by atoms with van der Waals surface area (Å²) in [5, 5.41) is 10.2. The van der Waals surface area contributed by atoms with Crippen molar-refractivity contribution < 1.29 is 5.11 Å². The minimum atomic E-state index is -0.706. The Bertz CT molecular complexity index is 263. The molecule has 0 aliphatic rings. The smallest absolute Gasteiger partial charge is 0.111 e. The number of pyridine rings is 1. The molecule has 1 aromatic heterocycles. The number of aliphatic hydroxyl groups excluding tert-OH is 1. The molecule has 0 radical (unpaired) electrons. The van der Waals surface area contributed by atoms with E-state index in [4.69, 9.17) is 17.3 Å². The lowest BCUT2D eigenvalue weighted by Crippen LogP contribution is -2.27. The highest BCUT2D eigenvalue weighted by Crippen LogP contribution is 2.16. The van der Waals surface area contributed by atoms with Crippen molar-refractivity contribution in [2.45, 2.75) is 25.5 Å². The molecule has 0 aromatic carbocycles. The van der Waals surface area contributed by atoms with Gasteiger partial charge in [-0.15, -0.1) is 0 Å². The third kappa shape index (κ3) is 2.66. The summed E-state index contributed by atoms with van der Waals surface area (Å²) in [7, 11) is 0. The molecule has 0 amide bonds. The highest BCUT2D eigenvalue weighted by molar-refractivity contribution is 6.30. The zero-order valence-corrected chi connectivity index (χ0v) is 8.20. The predicted octanol–water partition coefficient (Wildman–Crippen LogP) is 1.51. The number of halogens is 1. The molecule has 0 unspecified atom stereocenters. The van der Waals surface area contributed by atoms with E-state index in [0.29, 0.717) is 17.1 Å². The second-order valence-electron chi connectivity index (χ2n) is 2.92. The lowest BCUT2D eigenvalue weighted by molar-refractivity contribution is 0.140. The van der Waals surface area contributed by atoms with Gasteiger partial charge >= 0.3 is 0 Å². The third-order valence-corrected chi connectivity index (χ3v) is 2.15. The van der Waals surface area contributed by atoms with Gasteiger partial charge in [0.2, 0.25) is 0 Å². The van der Waals surface area contributed by atoms with E-state index in [1.807, 2.05) is 6.92 Å². The van der Waals surface area contributed by atoms with Crippen molar-refractivity contribution >= 4 is 11.6 Å². The lowest BCUT2D eigenvalue weighted by Gasteiger charge is -2.16. The predicted molar refractivity (Wildman–Crippen MR) is 52.5 cm³/mol. The number of rotatable bonds is 3. The molecule has 0 aliphatic heterocycles. The van der Waals surface area contributed by atoms with Gasteiger partial charge in [0.05, 0.1) is 10.7 Å². The Balaban J connectivity index is 2.77. The van der Waals surface area contributed by atoms with Crippen LogP contribution < -0.4 is 5.73 Å². The second kappa shape index (κ2) is 4.56. The monoisotopic (exact) mass is 200 g/mol. The van der Waals surface area contributed by atoms with Gasteiger partial charge in [0.1, 0.15) is 6.10 Å². The number of hydrogen-bond acceptors (Lipinski definition) is 3. The van der Waals surface area contributed by atoms with E-state index in [1.165, 1.54) is 6.20 Å². The molecule has 0 saturated heterocycles. The zero-order chi connectivity index (χ0) is 9.84. The second-order valence-corrected chi connectivity index (χ2v) is 3.35. The Morgan fingerprint density at radius 2 is 2.31 bits per heavy atom. The first-order valence-corrected chi connectivity index (χ1v) is 4.58. The van der Waals surface area contributed by atoms with Gasteiger partial charge < -0.3 is 10.8 Å². The van der Waals surface area contributed by atoms with Gasteiger partial charge in [0, 0.05) is 12.2 Å². The molecule has 0 spiro atoms. The molecule has 3 N–H and O–H groups in total. The van der Waals surface area contributed by atoms with Crippen LogP contribution in [-0.4, -0.2) is 16.1 Å². The molecule has 1 aromatic rings. The summed E-state index contributed by atoms with van der Waals surface area (Å²) in [5.74, 6) is 0. The Hall–Kier alpha value is -0.640. The van der Waals surface area contributed by atoms with Crippen molar-refractivity contribution in [3.63, 3.8) is 0 Å². The lowest BCUT2D eigenvalue weighted by atomic mass is 10.1. The maximum Gasteiger partial charge on any atom is 0.111 e. The Labute approximate surface area is 82.5 Å². The maximum atomic E-state index is 9.65. The molecule has 0 aliphatic carbocycles. The van der Waals surface area contributed by atoms with Crippen molar-refractivity contribution in [1.29, 1.82) is 0 Å². The Morgan fingerprint density at radius 3 is 2.77 bits per heavy atom. The van der Waals surface area contributed by atoms with Crippen LogP contribution in [0.2, 0.25) is 5.02 Å². The molecule has 1 rings (SSSR count). The summed E-state index contributed by atoms with van der Waals surface area (Å²) in [5.41, 5.74) is 6.23. The first-order valence-electron chi connectivity index (χ1n) is 4.20. The van der Waals surface area contributed by atoms with E-state index in [1.54, 1.807) is 12.1 Å². The highest BCUT2D eigenvalue weighted by Gasteiger charge is 2.15. The fourth-order valence-corrected chi connectivity index (χ4v) is 1.12. The van der Waals surface area contributed by atoms with Gasteiger partial charge in [-0.3, -0.25) is 4.98 Å². The summed E-state index contributed by atoms with van der Waals surface area (Å²) in [6.45, 7) is 1.92. The molecule has 3 nitrogen and oxygen atoms in total. The number of aliphatic hydroxyl groups is 1. The maximum absolute atomic E-state index is 9.65. The summed E-state index contributed by atoms with van der Waals surface area (Å²) >= 11 is 5.65. The molecular weight excluding hydrogens is 188 g/mol. The molecule has 13 heavy (non-hydrogen) atoms. The molecular formula is C9H13ClN2O. The van der Waals surface area contributed by atoms with Gasteiger partial charge in [-0.05, 0) is 18.6 Å². The van der Waals surface area contributed by atoms with Gasteiger partial charge in [0.25, 0.3) is 0 Å². The van der Waals surface area contributed by atoms with E-state index >= 15 is 0 Å². The molecule has 72 valence electrons. The number of nitrogens with zero attached hydrogens (tertiary/aromatic N) is 1. The van der Waals surface area contributed by atoms with Crippen molar-refractivity contribution in [1.82, 2.24) is 4.98 Å². The SMILES string of the molecule is CC[C@H](N)[C@@H](O)c1ccc(Cl)cn1. The minimum absolute atomic E-state index is 0.270. The first-order chi connectivity index (χ1) is 6.15. The van der Waals surface area contributed by atoms with Crippen LogP contribution in [0.3, 0.4) is 0 Å². The summed E-state index contributed by atoms with van der Waals surface area (Å²) in [4.78, 5) is 3.99. The van der Waals surface area contributed by atoms with Crippen molar-refractivity contribution in [2.24, 2.45) is 5.73 Å². The van der Waals surface area contributed by atoms with Crippen molar-refractivity contribution in [2.75, 3.05) is 0 Å². The van der Waals surface area contributed by atoms with E-state index < -0.39 is 6.10 Å². The first kappa shape index (κ1) is 10.4. The van der Waals surface area contributed by atoms with E-state index in [-0.39, 0.29) is 6.04 Å². The van der Waals surface area contributed by atoms with Gasteiger partial charge in [-0.1, -0.05) is 18.5 Å². The van der Waals surface area contributed by atoms with Gasteiger partial charge in [-0.2, -0.15) is 0 Å². The average Bonchev–Trinajstić information content (AvgIpc) is 2.17. The Kier molecular flexibility index (Phi) is 3.66. The van der Waals surface area contributed by atoms with Crippen LogP contribution in [0.1, 0.15) is 25.1 Å². The number of nitrogens with two attached hydrogens (primary N) is 1. The van der Waals surface area contributed by atoms with Gasteiger partial charge in [0.15, 0.2) is 0 Å². The van der Waals surface area contributed by atoms with E-state index in [9.17, 15) is 5.11 Å². The van der Waals surface area contributed by atoms with E-state index in [0.717, 1.165) is 0 Å². The quantitative estimate of drug-likeness (QED) is 0.778. The molecule has 4 heteroatoms. The summed E-state index contributed by atoms with van der Waals surface area (Å²) < 4.78 is 0. The van der Waals surface area contributed by atoms with Gasteiger partial charge in [-0.25, -0.2) is 0 Å². The van der Waals surface area contributed by atoms with Crippen molar-refractivity contribution in [3.05, 3.63) is 29.0 Å². The van der Waals surface area contributed by atoms with Crippen molar-refractivity contribution in [3.8, 4) is 0 Å². The topological polar surface area (TPSA) is 59.1 Å². The standard InChI is InChI=1S/C9H13ClN2O/c1-2-7(11)9(13)8-4-3-6(10)5-12-8/h3-5,7,9,13H,2,11H2,1H3/t7-,9+/m0/s1. The van der Waals surface area contributed by atoms with Crippen LogP contribution in [0.5, 0.6) is 0 Å². The fourth-order valence-electron chi connectivity index (χ4n) is 1.00. The van der Waals surface area contributed by atoms with Crippen LogP contribution in [0.4, 0.5) is 0 Å². The summed E-state index contributed by atoms with van der Waals surface area (Å²) in [6.07, 6.45) is 1.51. The van der Waals surface area contributed by atoms with E-state index in [2.05, 4.69) is 4.98 Å². The van der Waals surface area contributed by atoms with Crippen LogP contribution in [0, 0.1) is 0 Å². The van der Waals surface area contributed by atoms with Crippen LogP contribution in [0.25, 0.3) is 0 Å². The Morgan fingerprint density at radius 1 is 1.62 bits per heavy atom. The average molecular weight is 201 g/mol. The molecule has 2 atom stereocenters. The summed E-state index contributed by atoms with van der Waals surface area (Å²) in [6, 6.07) is 3.10. The van der Waals surface area contributed by atoms with Crippen LogP contribution in [0.15, 0.2) is 18.3 Å². The number of aromatic nitrogens is 1. The number of hydrogen-bond donors (Lipinski definition) is 2.